The van der Waals surface area contributed by atoms with Gasteiger partial charge in [0.1, 0.15) is 11.5 Å². The van der Waals surface area contributed by atoms with Gasteiger partial charge in [0.05, 0.1) is 6.10 Å². The average molecular weight is 439 g/mol. The monoisotopic (exact) mass is 438 g/mol. The standard InChI is InChI=1S/C22H27ClO5S/c1-5-27-20(17-13-15(23)6-8-18(17)24)10-11-29-16-7-9-19(14(2)12-16)28-22(3,4)21(25)26/h6-9,12-13,20,24H,5,10-11H2,1-4H3,(H,25,26). The van der Waals surface area contributed by atoms with Crippen molar-refractivity contribution < 1.29 is 24.5 Å². The molecule has 1 atom stereocenters. The third-order valence-corrected chi connectivity index (χ3v) is 5.64. The number of hydrogen-bond acceptors (Lipinski definition) is 5. The lowest BCUT2D eigenvalue weighted by molar-refractivity contribution is -0.152. The van der Waals surface area contributed by atoms with E-state index in [1.54, 1.807) is 36.0 Å². The summed E-state index contributed by atoms with van der Waals surface area (Å²) in [6, 6.07) is 10.7. The van der Waals surface area contributed by atoms with E-state index in [0.29, 0.717) is 29.4 Å². The molecule has 0 aliphatic carbocycles. The molecule has 0 aliphatic heterocycles. The van der Waals surface area contributed by atoms with Crippen LogP contribution in [0.15, 0.2) is 41.3 Å². The Hall–Kier alpha value is -1.89. The van der Waals surface area contributed by atoms with Crippen LogP contribution in [0.4, 0.5) is 0 Å². The van der Waals surface area contributed by atoms with E-state index in [1.165, 1.54) is 13.8 Å². The van der Waals surface area contributed by atoms with Crippen LogP contribution in [0.25, 0.3) is 0 Å². The molecule has 0 spiro atoms. The fourth-order valence-corrected chi connectivity index (χ4v) is 3.91. The number of hydrogen-bond donors (Lipinski definition) is 2. The topological polar surface area (TPSA) is 76.0 Å². The molecule has 0 aromatic heterocycles. The number of rotatable bonds is 10. The Morgan fingerprint density at radius 1 is 1.24 bits per heavy atom. The normalized spacial score (nSPS) is 12.6. The number of aromatic hydroxyl groups is 1. The Kier molecular flexibility index (Phi) is 8.25. The van der Waals surface area contributed by atoms with Crippen LogP contribution in [0, 0.1) is 6.92 Å². The Balaban J connectivity index is 2.02. The highest BCUT2D eigenvalue weighted by Gasteiger charge is 2.29. The fraction of sp³-hybridized carbons (Fsp3) is 0.409. The number of carboxylic acid groups (broad SMARTS) is 1. The summed E-state index contributed by atoms with van der Waals surface area (Å²) < 4.78 is 11.5. The summed E-state index contributed by atoms with van der Waals surface area (Å²) in [5.74, 6) is 0.493. The predicted molar refractivity (Wildman–Crippen MR) is 116 cm³/mol. The molecule has 0 amide bonds. The number of ether oxygens (including phenoxy) is 2. The summed E-state index contributed by atoms with van der Waals surface area (Å²) in [6.45, 7) is 7.39. The van der Waals surface area contributed by atoms with Crippen LogP contribution in [-0.2, 0) is 9.53 Å². The summed E-state index contributed by atoms with van der Waals surface area (Å²) in [6.07, 6.45) is 0.460. The van der Waals surface area contributed by atoms with Crippen LogP contribution >= 0.6 is 23.4 Å². The molecule has 2 N–H and O–H groups in total. The fourth-order valence-electron chi connectivity index (χ4n) is 2.74. The summed E-state index contributed by atoms with van der Waals surface area (Å²) in [4.78, 5) is 12.3. The second-order valence-electron chi connectivity index (χ2n) is 7.13. The molecule has 5 nitrogen and oxygen atoms in total. The first-order chi connectivity index (χ1) is 13.6. The molecule has 1 unspecified atom stereocenters. The van der Waals surface area contributed by atoms with Gasteiger partial charge in [-0.3, -0.25) is 0 Å². The van der Waals surface area contributed by atoms with Crippen molar-refractivity contribution in [1.29, 1.82) is 0 Å². The van der Waals surface area contributed by atoms with Crippen molar-refractivity contribution in [3.63, 3.8) is 0 Å². The summed E-state index contributed by atoms with van der Waals surface area (Å²) >= 11 is 7.73. The number of phenols is 1. The van der Waals surface area contributed by atoms with Gasteiger partial charge in [-0.1, -0.05) is 11.6 Å². The van der Waals surface area contributed by atoms with Gasteiger partial charge in [0.2, 0.25) is 0 Å². The minimum Gasteiger partial charge on any atom is -0.508 e. The van der Waals surface area contributed by atoms with Crippen LogP contribution < -0.4 is 4.74 Å². The molecule has 0 saturated heterocycles. The smallest absolute Gasteiger partial charge is 0.347 e. The van der Waals surface area contributed by atoms with Gasteiger partial charge in [-0.25, -0.2) is 4.79 Å². The molecule has 2 rings (SSSR count). The average Bonchev–Trinajstić information content (AvgIpc) is 2.65. The highest BCUT2D eigenvalue weighted by atomic mass is 35.5. The van der Waals surface area contributed by atoms with Crippen LogP contribution in [0.5, 0.6) is 11.5 Å². The van der Waals surface area contributed by atoms with E-state index in [9.17, 15) is 15.0 Å². The highest BCUT2D eigenvalue weighted by molar-refractivity contribution is 7.99. The molecular weight excluding hydrogens is 412 g/mol. The number of carbonyl (C=O) groups is 1. The van der Waals surface area contributed by atoms with Crippen molar-refractivity contribution in [3.05, 3.63) is 52.5 Å². The van der Waals surface area contributed by atoms with Gasteiger partial charge >= 0.3 is 5.97 Å². The lowest BCUT2D eigenvalue weighted by atomic mass is 10.1. The SMILES string of the molecule is CCOC(CCSc1ccc(OC(C)(C)C(=O)O)c(C)c1)c1cc(Cl)ccc1O. The summed E-state index contributed by atoms with van der Waals surface area (Å²) in [5, 5.41) is 19.9. The highest BCUT2D eigenvalue weighted by Crippen LogP contribution is 2.34. The number of benzene rings is 2. The summed E-state index contributed by atoms with van der Waals surface area (Å²) in [5.41, 5.74) is 0.275. The van der Waals surface area contributed by atoms with E-state index in [4.69, 9.17) is 21.1 Å². The largest absolute Gasteiger partial charge is 0.508 e. The van der Waals surface area contributed by atoms with Gasteiger partial charge in [-0.05, 0) is 76.1 Å². The van der Waals surface area contributed by atoms with E-state index in [2.05, 4.69) is 0 Å². The van der Waals surface area contributed by atoms with Crippen molar-refractivity contribution in [2.45, 2.75) is 50.7 Å². The molecule has 7 heteroatoms. The second kappa shape index (κ2) is 10.2. The lowest BCUT2D eigenvalue weighted by Crippen LogP contribution is -2.38. The third-order valence-electron chi connectivity index (χ3n) is 4.38. The molecule has 0 radical (unpaired) electrons. The zero-order valence-corrected chi connectivity index (χ0v) is 18.6. The minimum atomic E-state index is -1.29. The van der Waals surface area contributed by atoms with Gasteiger partial charge in [-0.2, -0.15) is 0 Å². The number of carboxylic acids is 1. The number of halogens is 1. The Morgan fingerprint density at radius 3 is 2.59 bits per heavy atom. The quantitative estimate of drug-likeness (QED) is 0.453. The van der Waals surface area contributed by atoms with E-state index in [0.717, 1.165) is 16.2 Å². The zero-order chi connectivity index (χ0) is 21.6. The van der Waals surface area contributed by atoms with E-state index >= 15 is 0 Å². The lowest BCUT2D eigenvalue weighted by Gasteiger charge is -2.23. The molecule has 0 heterocycles. The van der Waals surface area contributed by atoms with Crippen molar-refractivity contribution in [2.75, 3.05) is 12.4 Å². The van der Waals surface area contributed by atoms with E-state index < -0.39 is 11.6 Å². The van der Waals surface area contributed by atoms with Crippen LogP contribution in [0.1, 0.15) is 44.4 Å². The molecule has 158 valence electrons. The maximum Gasteiger partial charge on any atom is 0.347 e. The molecule has 0 fully saturated rings. The van der Waals surface area contributed by atoms with Gasteiger partial charge in [0.25, 0.3) is 0 Å². The molecule has 2 aromatic rings. The van der Waals surface area contributed by atoms with Gasteiger partial charge in [0, 0.05) is 27.8 Å². The van der Waals surface area contributed by atoms with Gasteiger partial charge in [0.15, 0.2) is 5.60 Å². The number of aliphatic carboxylic acids is 1. The number of thioether (sulfide) groups is 1. The number of phenolic OH excluding ortho intramolecular Hbond substituents is 1. The summed E-state index contributed by atoms with van der Waals surface area (Å²) in [7, 11) is 0. The molecule has 29 heavy (non-hydrogen) atoms. The minimum absolute atomic E-state index is 0.177. The first-order valence-corrected chi connectivity index (χ1v) is 10.8. The van der Waals surface area contributed by atoms with Crippen LogP contribution in [-0.4, -0.2) is 34.1 Å². The maximum atomic E-state index is 11.3. The molecule has 0 aliphatic rings. The Bertz CT molecular complexity index is 853. The first kappa shape index (κ1) is 23.4. The van der Waals surface area contributed by atoms with Gasteiger partial charge in [-0.15, -0.1) is 11.8 Å². The number of aryl methyl sites for hydroxylation is 1. The predicted octanol–water partition coefficient (Wildman–Crippen LogP) is 5.86. The zero-order valence-electron chi connectivity index (χ0n) is 17.1. The second-order valence-corrected chi connectivity index (χ2v) is 8.73. The van der Waals surface area contributed by atoms with E-state index in [1.807, 2.05) is 26.0 Å². The van der Waals surface area contributed by atoms with Crippen molar-refractivity contribution in [2.24, 2.45) is 0 Å². The van der Waals surface area contributed by atoms with Crippen molar-refractivity contribution in [1.82, 2.24) is 0 Å². The molecular formula is C22H27ClO5S. The first-order valence-electron chi connectivity index (χ1n) is 9.40. The maximum absolute atomic E-state index is 11.3. The van der Waals surface area contributed by atoms with Crippen LogP contribution in [0.3, 0.4) is 0 Å². The van der Waals surface area contributed by atoms with Gasteiger partial charge < -0.3 is 19.7 Å². The van der Waals surface area contributed by atoms with E-state index in [-0.39, 0.29) is 11.9 Å². The van der Waals surface area contributed by atoms with Crippen LogP contribution in [0.2, 0.25) is 5.02 Å². The third kappa shape index (κ3) is 6.56. The van der Waals surface area contributed by atoms with Crippen molar-refractivity contribution in [3.8, 4) is 11.5 Å². The molecule has 0 saturated carbocycles. The molecule has 2 aromatic carbocycles. The Morgan fingerprint density at radius 2 is 1.97 bits per heavy atom. The molecule has 0 bridgehead atoms. The Labute approximate surface area is 181 Å². The van der Waals surface area contributed by atoms with Crippen molar-refractivity contribution >= 4 is 29.3 Å².